The molecule has 1 saturated heterocycles. The molecule has 0 aromatic rings. The zero-order chi connectivity index (χ0) is 17.2. The largest absolute Gasteiger partial charge is 0.493 e. The first-order valence-electron chi connectivity index (χ1n) is 9.02. The van der Waals surface area contributed by atoms with E-state index < -0.39 is 0 Å². The zero-order valence-corrected chi connectivity index (χ0v) is 14.8. The van der Waals surface area contributed by atoms with Gasteiger partial charge in [-0.2, -0.15) is 4.79 Å². The molecule has 0 spiro atoms. The van der Waals surface area contributed by atoms with Gasteiger partial charge in [-0.05, 0) is 18.9 Å². The van der Waals surface area contributed by atoms with Crippen molar-refractivity contribution in [1.82, 2.24) is 5.32 Å². The van der Waals surface area contributed by atoms with Gasteiger partial charge in [-0.15, -0.1) is 0 Å². The van der Waals surface area contributed by atoms with E-state index in [9.17, 15) is 5.53 Å². The van der Waals surface area contributed by atoms with Crippen LogP contribution < -0.4 is 5.32 Å². The van der Waals surface area contributed by atoms with Gasteiger partial charge in [0, 0.05) is 25.3 Å². The molecule has 0 radical (unpaired) electrons. The molecular formula is C18H29N3O3. The molecule has 1 aliphatic carbocycles. The molecule has 6 nitrogen and oxygen atoms in total. The lowest BCUT2D eigenvalue weighted by atomic mass is 9.96. The summed E-state index contributed by atoms with van der Waals surface area (Å²) in [7, 11) is 0. The van der Waals surface area contributed by atoms with Crippen molar-refractivity contribution in [2.24, 2.45) is 0 Å². The molecule has 2 atom stereocenters. The van der Waals surface area contributed by atoms with Crippen LogP contribution in [-0.4, -0.2) is 55.6 Å². The van der Waals surface area contributed by atoms with Gasteiger partial charge >= 0.3 is 5.71 Å². The Hall–Kier alpha value is -1.46. The van der Waals surface area contributed by atoms with Gasteiger partial charge < -0.3 is 25.1 Å². The summed E-state index contributed by atoms with van der Waals surface area (Å²) in [5.74, 6) is 0.722. The van der Waals surface area contributed by atoms with Gasteiger partial charge in [-0.25, -0.2) is 0 Å². The van der Waals surface area contributed by atoms with Crippen LogP contribution in [0.2, 0.25) is 0 Å². The molecule has 6 heteroatoms. The molecule has 0 aromatic heterocycles. The van der Waals surface area contributed by atoms with E-state index in [0.717, 1.165) is 50.1 Å². The summed E-state index contributed by atoms with van der Waals surface area (Å²) >= 11 is 0. The Kier molecular flexibility index (Phi) is 8.19. The minimum atomic E-state index is -0.361. The molecule has 0 bridgehead atoms. The maximum Gasteiger partial charge on any atom is 0.328 e. The van der Waals surface area contributed by atoms with Crippen molar-refractivity contribution in [2.75, 3.05) is 32.9 Å². The summed E-state index contributed by atoms with van der Waals surface area (Å²) in [6.07, 6.45) is 7.41. The number of hydrogen-bond donors (Lipinski definition) is 1. The highest BCUT2D eigenvalue weighted by Gasteiger charge is 2.33. The lowest BCUT2D eigenvalue weighted by Crippen LogP contribution is -2.41. The van der Waals surface area contributed by atoms with Crippen molar-refractivity contribution in [2.45, 2.75) is 51.7 Å². The Balaban J connectivity index is 2.16. The minimum absolute atomic E-state index is 0.0656. The molecule has 1 fully saturated rings. The lowest BCUT2D eigenvalue weighted by Gasteiger charge is -2.29. The van der Waals surface area contributed by atoms with Crippen LogP contribution >= 0.6 is 0 Å². The molecule has 1 heterocycles. The minimum Gasteiger partial charge on any atom is -0.493 e. The quantitative estimate of drug-likeness (QED) is 0.399. The maximum absolute atomic E-state index is 9.34. The molecule has 1 N–H and O–H groups in total. The van der Waals surface area contributed by atoms with Gasteiger partial charge in [-0.3, -0.25) is 0 Å². The monoisotopic (exact) mass is 335 g/mol. The summed E-state index contributed by atoms with van der Waals surface area (Å²) in [4.78, 5) is 3.40. The van der Waals surface area contributed by atoms with Gasteiger partial charge in [0.15, 0.2) is 6.10 Å². The third-order valence-corrected chi connectivity index (χ3v) is 4.13. The second-order valence-corrected chi connectivity index (χ2v) is 6.07. The van der Waals surface area contributed by atoms with Crippen molar-refractivity contribution in [3.8, 4) is 0 Å². The summed E-state index contributed by atoms with van der Waals surface area (Å²) in [5.41, 5.74) is 10.8. The Morgan fingerprint density at radius 1 is 1.29 bits per heavy atom. The third kappa shape index (κ3) is 5.28. The Morgan fingerprint density at radius 2 is 2.08 bits per heavy atom. The van der Waals surface area contributed by atoms with E-state index in [4.69, 9.17) is 14.2 Å². The first-order valence-corrected chi connectivity index (χ1v) is 9.02. The SMILES string of the molecule is CCCCOC1=CC(=[N+]=[N-])C(OCCCC)C=C1C1CNCCO1. The van der Waals surface area contributed by atoms with E-state index in [0.29, 0.717) is 25.5 Å². The second kappa shape index (κ2) is 10.4. The smallest absolute Gasteiger partial charge is 0.328 e. The number of morpholine rings is 1. The maximum atomic E-state index is 9.34. The van der Waals surface area contributed by atoms with E-state index in [1.54, 1.807) is 6.08 Å². The van der Waals surface area contributed by atoms with E-state index in [1.807, 2.05) is 6.08 Å². The van der Waals surface area contributed by atoms with Crippen LogP contribution in [0.1, 0.15) is 39.5 Å². The first kappa shape index (κ1) is 18.9. The predicted octanol–water partition coefficient (Wildman–Crippen LogP) is 2.47. The van der Waals surface area contributed by atoms with Crippen LogP contribution in [-0.2, 0) is 14.2 Å². The molecule has 0 amide bonds. The van der Waals surface area contributed by atoms with E-state index in [2.05, 4.69) is 24.0 Å². The van der Waals surface area contributed by atoms with Crippen LogP contribution in [0.4, 0.5) is 0 Å². The Bertz CT molecular complexity index is 504. The predicted molar refractivity (Wildman–Crippen MR) is 92.9 cm³/mol. The van der Waals surface area contributed by atoms with Crippen LogP contribution in [0.25, 0.3) is 5.53 Å². The number of unbranched alkanes of at least 4 members (excludes halogenated alkanes) is 2. The van der Waals surface area contributed by atoms with Crippen LogP contribution in [0.3, 0.4) is 0 Å². The van der Waals surface area contributed by atoms with Gasteiger partial charge in [0.2, 0.25) is 0 Å². The standard InChI is InChI=1S/C18H29N3O3/c1-3-5-8-22-16-12-15(21-19)17(23-9-6-4-2)11-14(16)18-13-20-7-10-24-18/h11-12,17-18,20H,3-10,13H2,1-2H3. The fourth-order valence-corrected chi connectivity index (χ4v) is 2.69. The number of rotatable bonds is 9. The van der Waals surface area contributed by atoms with Crippen LogP contribution in [0, 0.1) is 0 Å². The molecular weight excluding hydrogens is 306 g/mol. The van der Waals surface area contributed by atoms with Gasteiger partial charge in [0.1, 0.15) is 5.76 Å². The van der Waals surface area contributed by atoms with Crippen molar-refractivity contribution in [3.05, 3.63) is 29.0 Å². The van der Waals surface area contributed by atoms with Gasteiger partial charge in [0.25, 0.3) is 0 Å². The fourth-order valence-electron chi connectivity index (χ4n) is 2.69. The highest BCUT2D eigenvalue weighted by Crippen LogP contribution is 2.26. The summed E-state index contributed by atoms with van der Waals surface area (Å²) in [6, 6.07) is 0. The Morgan fingerprint density at radius 3 is 2.75 bits per heavy atom. The molecule has 134 valence electrons. The number of nitrogens with one attached hydrogen (secondary N) is 1. The van der Waals surface area contributed by atoms with Crippen molar-refractivity contribution in [3.63, 3.8) is 0 Å². The van der Waals surface area contributed by atoms with E-state index >= 15 is 0 Å². The Labute approximate surface area is 144 Å². The van der Waals surface area contributed by atoms with Gasteiger partial charge in [0.05, 0.1) is 25.4 Å². The van der Waals surface area contributed by atoms with Crippen LogP contribution in [0.15, 0.2) is 23.5 Å². The third-order valence-electron chi connectivity index (χ3n) is 4.13. The topological polar surface area (TPSA) is 76.1 Å². The second-order valence-electron chi connectivity index (χ2n) is 6.07. The normalized spacial score (nSPS) is 24.2. The average molecular weight is 335 g/mol. The van der Waals surface area contributed by atoms with E-state index in [-0.39, 0.29) is 12.2 Å². The van der Waals surface area contributed by atoms with Gasteiger partial charge in [-0.1, -0.05) is 26.7 Å². The summed E-state index contributed by atoms with van der Waals surface area (Å²) in [5, 5.41) is 3.34. The number of hydrogen-bond acceptors (Lipinski definition) is 4. The van der Waals surface area contributed by atoms with Crippen molar-refractivity contribution in [1.29, 1.82) is 0 Å². The van der Waals surface area contributed by atoms with Crippen molar-refractivity contribution < 1.29 is 19.0 Å². The molecule has 2 unspecified atom stereocenters. The summed E-state index contributed by atoms with van der Waals surface area (Å²) in [6.45, 7) is 7.79. The molecule has 1 aliphatic heterocycles. The van der Waals surface area contributed by atoms with Crippen LogP contribution in [0.5, 0.6) is 0 Å². The molecule has 24 heavy (non-hydrogen) atoms. The van der Waals surface area contributed by atoms with Crippen molar-refractivity contribution >= 4 is 5.71 Å². The highest BCUT2D eigenvalue weighted by atomic mass is 16.5. The lowest BCUT2D eigenvalue weighted by molar-refractivity contribution is -0.0241. The molecule has 0 aromatic carbocycles. The zero-order valence-electron chi connectivity index (χ0n) is 14.8. The number of ether oxygens (including phenoxy) is 3. The average Bonchev–Trinajstić information content (AvgIpc) is 2.63. The van der Waals surface area contributed by atoms with E-state index in [1.165, 1.54) is 0 Å². The highest BCUT2D eigenvalue weighted by molar-refractivity contribution is 5.98. The fraction of sp³-hybridized carbons (Fsp3) is 0.722. The molecule has 2 aliphatic rings. The number of nitrogens with zero attached hydrogens (tertiary/aromatic N) is 2. The molecule has 2 rings (SSSR count). The molecule has 0 saturated carbocycles. The summed E-state index contributed by atoms with van der Waals surface area (Å²) < 4.78 is 17.7. The first-order chi connectivity index (χ1) is 11.8.